The van der Waals surface area contributed by atoms with Crippen molar-refractivity contribution in [3.63, 3.8) is 0 Å². The van der Waals surface area contributed by atoms with E-state index in [1.165, 1.54) is 35.4 Å². The van der Waals surface area contributed by atoms with Gasteiger partial charge in [0.1, 0.15) is 12.1 Å². The third kappa shape index (κ3) is 15.4. The number of thioether (sulfide) groups is 1. The zero-order chi connectivity index (χ0) is 25.4. The first-order valence-corrected chi connectivity index (χ1v) is 13.0. The normalized spacial score (nSPS) is 14.8. The second kappa shape index (κ2) is 17.5. The fourth-order valence-corrected chi connectivity index (χ4v) is 4.08. The summed E-state index contributed by atoms with van der Waals surface area (Å²) in [6, 6.07) is -1.73. The van der Waals surface area contributed by atoms with Crippen LogP contribution in [0.5, 0.6) is 0 Å². The molecule has 2 amide bonds. The van der Waals surface area contributed by atoms with Crippen LogP contribution in [0.1, 0.15) is 80.6 Å². The SMILES string of the molecule is CCC(C)C(NC(C)=O)C(=O)NC(CSCC=C(C)CCC=C(C)CCC=C(C)C)C(=O)O. The van der Waals surface area contributed by atoms with Crippen LogP contribution in [0.3, 0.4) is 0 Å². The lowest BCUT2D eigenvalue weighted by molar-refractivity contribution is -0.141. The van der Waals surface area contributed by atoms with E-state index in [-0.39, 0.29) is 17.6 Å². The first-order chi connectivity index (χ1) is 15.5. The molecule has 0 saturated heterocycles. The summed E-state index contributed by atoms with van der Waals surface area (Å²) in [7, 11) is 0. The molecule has 0 saturated carbocycles. The Bertz CT molecular complexity index is 724. The number of amides is 2. The number of nitrogens with one attached hydrogen (secondary N) is 2. The minimum Gasteiger partial charge on any atom is -0.480 e. The monoisotopic (exact) mass is 480 g/mol. The van der Waals surface area contributed by atoms with Gasteiger partial charge in [-0.3, -0.25) is 9.59 Å². The van der Waals surface area contributed by atoms with Crippen molar-refractivity contribution < 1.29 is 19.5 Å². The largest absolute Gasteiger partial charge is 0.480 e. The number of carboxylic acid groups (broad SMARTS) is 1. The van der Waals surface area contributed by atoms with Gasteiger partial charge in [0.2, 0.25) is 11.8 Å². The van der Waals surface area contributed by atoms with E-state index < -0.39 is 24.0 Å². The third-order valence-corrected chi connectivity index (χ3v) is 6.40. The molecule has 0 aromatic rings. The summed E-state index contributed by atoms with van der Waals surface area (Å²) in [5.41, 5.74) is 4.03. The van der Waals surface area contributed by atoms with Gasteiger partial charge in [0.15, 0.2) is 0 Å². The number of hydrogen-bond acceptors (Lipinski definition) is 4. The van der Waals surface area contributed by atoms with Crippen molar-refractivity contribution in [2.75, 3.05) is 11.5 Å². The van der Waals surface area contributed by atoms with Gasteiger partial charge in [-0.2, -0.15) is 11.8 Å². The number of carbonyl (C=O) groups is 3. The van der Waals surface area contributed by atoms with E-state index in [2.05, 4.69) is 56.6 Å². The zero-order valence-corrected chi connectivity index (χ0v) is 22.3. The smallest absolute Gasteiger partial charge is 0.327 e. The molecule has 0 radical (unpaired) electrons. The molecule has 0 fully saturated rings. The van der Waals surface area contributed by atoms with Crippen LogP contribution in [0.4, 0.5) is 0 Å². The Labute approximate surface area is 204 Å². The van der Waals surface area contributed by atoms with Crippen molar-refractivity contribution >= 4 is 29.5 Å². The van der Waals surface area contributed by atoms with Crippen molar-refractivity contribution in [1.82, 2.24) is 10.6 Å². The Morgan fingerprint density at radius 1 is 0.909 bits per heavy atom. The highest BCUT2D eigenvalue weighted by atomic mass is 32.2. The summed E-state index contributed by atoms with van der Waals surface area (Å²) in [5.74, 6) is -0.972. The molecule has 3 N–H and O–H groups in total. The van der Waals surface area contributed by atoms with Gasteiger partial charge in [-0.05, 0) is 59.3 Å². The van der Waals surface area contributed by atoms with Gasteiger partial charge in [0.05, 0.1) is 0 Å². The molecule has 6 nitrogen and oxygen atoms in total. The summed E-state index contributed by atoms with van der Waals surface area (Å²) in [5, 5.41) is 14.7. The lowest BCUT2D eigenvalue weighted by Crippen LogP contribution is -2.54. The first kappa shape index (κ1) is 31.0. The maximum Gasteiger partial charge on any atom is 0.327 e. The lowest BCUT2D eigenvalue weighted by Gasteiger charge is -2.24. The summed E-state index contributed by atoms with van der Waals surface area (Å²) < 4.78 is 0. The first-order valence-electron chi connectivity index (χ1n) is 11.8. The van der Waals surface area contributed by atoms with Gasteiger partial charge in [-0.1, -0.05) is 55.2 Å². The topological polar surface area (TPSA) is 95.5 Å². The van der Waals surface area contributed by atoms with E-state index in [4.69, 9.17) is 0 Å². The molecule has 0 aromatic heterocycles. The zero-order valence-electron chi connectivity index (χ0n) is 21.5. The van der Waals surface area contributed by atoms with E-state index in [9.17, 15) is 19.5 Å². The molecule has 3 atom stereocenters. The second-order valence-electron chi connectivity index (χ2n) is 8.96. The van der Waals surface area contributed by atoms with Gasteiger partial charge >= 0.3 is 5.97 Å². The molecule has 0 aliphatic carbocycles. The fraction of sp³-hybridized carbons (Fsp3) is 0.654. The van der Waals surface area contributed by atoms with Crippen LogP contribution in [0.25, 0.3) is 0 Å². The molecule has 0 spiro atoms. The molecule has 0 bridgehead atoms. The maximum absolute atomic E-state index is 12.6. The van der Waals surface area contributed by atoms with Crippen molar-refractivity contribution in [2.45, 2.75) is 92.7 Å². The van der Waals surface area contributed by atoms with Crippen molar-refractivity contribution in [3.8, 4) is 0 Å². The van der Waals surface area contributed by atoms with Crippen LogP contribution in [0, 0.1) is 5.92 Å². The minimum atomic E-state index is -1.07. The van der Waals surface area contributed by atoms with E-state index in [0.29, 0.717) is 12.2 Å². The maximum atomic E-state index is 12.6. The summed E-state index contributed by atoms with van der Waals surface area (Å²) in [6.45, 7) is 13.6. The highest BCUT2D eigenvalue weighted by Crippen LogP contribution is 2.14. The van der Waals surface area contributed by atoms with E-state index in [0.717, 1.165) is 25.7 Å². The Morgan fingerprint density at radius 3 is 2.00 bits per heavy atom. The molecule has 0 aliphatic heterocycles. The average Bonchev–Trinajstić information content (AvgIpc) is 2.72. The van der Waals surface area contributed by atoms with Gasteiger partial charge in [0, 0.05) is 18.4 Å². The quantitative estimate of drug-likeness (QED) is 0.207. The average molecular weight is 481 g/mol. The molecular formula is C26H44N2O4S. The van der Waals surface area contributed by atoms with Crippen molar-refractivity contribution in [2.24, 2.45) is 5.92 Å². The van der Waals surface area contributed by atoms with Gasteiger partial charge in [-0.15, -0.1) is 0 Å². The number of carbonyl (C=O) groups excluding carboxylic acids is 2. The second-order valence-corrected chi connectivity index (χ2v) is 10.0. The van der Waals surface area contributed by atoms with E-state index >= 15 is 0 Å². The highest BCUT2D eigenvalue weighted by Gasteiger charge is 2.28. The predicted octanol–water partition coefficient (Wildman–Crippen LogP) is 5.26. The Kier molecular flexibility index (Phi) is 16.4. The number of allylic oxidation sites excluding steroid dienone is 5. The Hall–Kier alpha value is -2.02. The third-order valence-electron chi connectivity index (χ3n) is 5.43. The molecule has 0 heterocycles. The fourth-order valence-electron chi connectivity index (χ4n) is 3.08. The molecular weight excluding hydrogens is 436 g/mol. The van der Waals surface area contributed by atoms with Crippen LogP contribution >= 0.6 is 11.8 Å². The molecule has 33 heavy (non-hydrogen) atoms. The Morgan fingerprint density at radius 2 is 1.48 bits per heavy atom. The van der Waals surface area contributed by atoms with Crippen LogP contribution < -0.4 is 10.6 Å². The standard InChI is InChI=1S/C26H44N2O4S/c1-8-21(6)24(27-22(7)29)25(30)28-23(26(31)32)17-33-16-15-20(5)14-10-13-19(4)12-9-11-18(2)3/h11,13,15,21,23-24H,8-10,12,14,16-17H2,1-7H3,(H,27,29)(H,28,30)(H,31,32). The molecule has 0 aromatic carbocycles. The molecule has 0 rings (SSSR count). The van der Waals surface area contributed by atoms with Gasteiger partial charge < -0.3 is 15.7 Å². The number of rotatable bonds is 16. The van der Waals surface area contributed by atoms with Gasteiger partial charge in [-0.25, -0.2) is 4.79 Å². The summed E-state index contributed by atoms with van der Waals surface area (Å²) in [4.78, 5) is 35.6. The van der Waals surface area contributed by atoms with Gasteiger partial charge in [0.25, 0.3) is 0 Å². The molecule has 0 aliphatic rings. The Balaban J connectivity index is 4.58. The number of hydrogen-bond donors (Lipinski definition) is 3. The van der Waals surface area contributed by atoms with Crippen LogP contribution in [0.15, 0.2) is 34.9 Å². The van der Waals surface area contributed by atoms with Crippen molar-refractivity contribution in [3.05, 3.63) is 34.9 Å². The molecule has 3 unspecified atom stereocenters. The van der Waals surface area contributed by atoms with Crippen LogP contribution in [-0.2, 0) is 14.4 Å². The van der Waals surface area contributed by atoms with E-state index in [1.54, 1.807) is 0 Å². The number of carboxylic acids is 1. The van der Waals surface area contributed by atoms with Crippen LogP contribution in [0.2, 0.25) is 0 Å². The molecule has 7 heteroatoms. The minimum absolute atomic E-state index is 0.0912. The van der Waals surface area contributed by atoms with Crippen LogP contribution in [-0.4, -0.2) is 46.5 Å². The predicted molar refractivity (Wildman–Crippen MR) is 139 cm³/mol. The van der Waals surface area contributed by atoms with Crippen molar-refractivity contribution in [1.29, 1.82) is 0 Å². The molecule has 188 valence electrons. The van der Waals surface area contributed by atoms with E-state index in [1.807, 2.05) is 13.8 Å². The highest BCUT2D eigenvalue weighted by molar-refractivity contribution is 7.99. The lowest BCUT2D eigenvalue weighted by atomic mass is 9.98. The summed E-state index contributed by atoms with van der Waals surface area (Å²) in [6.07, 6.45) is 11.5. The number of aliphatic carboxylic acids is 1. The summed E-state index contributed by atoms with van der Waals surface area (Å²) >= 11 is 1.47.